The summed E-state index contributed by atoms with van der Waals surface area (Å²) in [5.41, 5.74) is 0. The Balaban J connectivity index is 0.000000365. The predicted octanol–water partition coefficient (Wildman–Crippen LogP) is -12.7. The number of benzene rings is 8. The van der Waals surface area contributed by atoms with Crippen molar-refractivity contribution in [2.24, 2.45) is 0 Å². The molecule has 0 amide bonds. The SMILES string of the molecule is [Cl-].[Cl-].[Cl-].[Cl-].c1ccc([I+]c2ccccc2)cc1.c1ccc([I+]c2ccccc2)cc1.c1ccc([I+]c2ccccc2)cc1.c1ccc([I+]c2ccccc2)cc1. The van der Waals surface area contributed by atoms with Crippen LogP contribution in [0.25, 0.3) is 0 Å². The second kappa shape index (κ2) is 32.8. The van der Waals surface area contributed by atoms with Crippen molar-refractivity contribution >= 4 is 0 Å². The van der Waals surface area contributed by atoms with Crippen molar-refractivity contribution < 1.29 is 134 Å². The third kappa shape index (κ3) is 22.1. The van der Waals surface area contributed by atoms with Crippen molar-refractivity contribution in [2.45, 2.75) is 0 Å². The average molecular weight is 1270 g/mol. The summed E-state index contributed by atoms with van der Waals surface area (Å²) in [5.74, 6) is 0. The van der Waals surface area contributed by atoms with Crippen LogP contribution >= 0.6 is 0 Å². The molecule has 0 nitrogen and oxygen atoms in total. The molecule has 8 aromatic rings. The lowest BCUT2D eigenvalue weighted by molar-refractivity contribution is -0.597. The Hall–Kier alpha value is -2.16. The molecule has 0 saturated carbocycles. The molecule has 8 rings (SSSR count). The molecule has 8 aromatic carbocycles. The number of hydrogen-bond acceptors (Lipinski definition) is 0. The quantitative estimate of drug-likeness (QED) is 0.133. The third-order valence-corrected chi connectivity index (χ3v) is 17.5. The number of hydrogen-bond donors (Lipinski definition) is 0. The Morgan fingerprint density at radius 2 is 0.232 bits per heavy atom. The van der Waals surface area contributed by atoms with Gasteiger partial charge in [0.2, 0.25) is 0 Å². The fourth-order valence-electron chi connectivity index (χ4n) is 4.33. The maximum Gasteiger partial charge on any atom is 0.357 e. The summed E-state index contributed by atoms with van der Waals surface area (Å²) in [6.45, 7) is 0. The normalized spacial score (nSPS) is 9.14. The number of rotatable bonds is 8. The van der Waals surface area contributed by atoms with Gasteiger partial charge in [0.25, 0.3) is 0 Å². The first-order valence-electron chi connectivity index (χ1n) is 16.8. The van der Waals surface area contributed by atoms with Gasteiger partial charge in [0.05, 0.1) is 0 Å². The highest BCUT2D eigenvalue weighted by Crippen LogP contribution is 1.89. The van der Waals surface area contributed by atoms with E-state index >= 15 is 0 Å². The Morgan fingerprint density at radius 3 is 0.321 bits per heavy atom. The lowest BCUT2D eigenvalue weighted by Gasteiger charge is -1.84. The maximum absolute atomic E-state index is 2.21. The molecule has 0 N–H and O–H groups in total. The largest absolute Gasteiger partial charge is 1.00 e. The summed E-state index contributed by atoms with van der Waals surface area (Å²) >= 11 is 0.115. The topological polar surface area (TPSA) is 0 Å². The smallest absolute Gasteiger partial charge is 0.357 e. The average Bonchev–Trinajstić information content (AvgIpc) is 3.22. The first-order valence-corrected chi connectivity index (χ1v) is 25.4. The summed E-state index contributed by atoms with van der Waals surface area (Å²) in [5, 5.41) is 0. The highest BCUT2D eigenvalue weighted by atomic mass is 127. The van der Waals surface area contributed by atoms with Crippen molar-refractivity contribution in [1.29, 1.82) is 0 Å². The molecule has 0 spiro atoms. The van der Waals surface area contributed by atoms with Crippen molar-refractivity contribution in [2.75, 3.05) is 0 Å². The molecular weight excluding hydrogens is 1230 g/mol. The van der Waals surface area contributed by atoms with Gasteiger partial charge in [-0.2, -0.15) is 0 Å². The molecule has 0 fully saturated rings. The molecule has 0 saturated heterocycles. The van der Waals surface area contributed by atoms with Gasteiger partial charge in [0, 0.05) is 0 Å². The Morgan fingerprint density at radius 1 is 0.143 bits per heavy atom. The van der Waals surface area contributed by atoms with E-state index in [1.165, 1.54) is 28.6 Å². The van der Waals surface area contributed by atoms with E-state index in [9.17, 15) is 0 Å². The summed E-state index contributed by atoms with van der Waals surface area (Å²) in [6, 6.07) is 85.6. The standard InChI is InChI=1S/4C12H10I.4ClH/c4*1-3-7-11(8-4-1)13-12-9-5-2-6-10-12;;;;/h4*1-10H;4*1H/q4*+1;;;;/p-4. The molecule has 0 aliphatic carbocycles. The summed E-state index contributed by atoms with van der Waals surface area (Å²) in [6.07, 6.45) is 0. The number of halogens is 8. The molecule has 0 bridgehead atoms. The van der Waals surface area contributed by atoms with Crippen LogP contribution in [0, 0.1) is 28.6 Å². The highest BCUT2D eigenvalue weighted by Gasteiger charge is 2.15. The zero-order valence-electron chi connectivity index (χ0n) is 30.1. The maximum atomic E-state index is 2.21. The molecule has 0 radical (unpaired) electrons. The minimum Gasteiger partial charge on any atom is -1.00 e. The van der Waals surface area contributed by atoms with Crippen LogP contribution in [0.2, 0.25) is 0 Å². The summed E-state index contributed by atoms with van der Waals surface area (Å²) in [4.78, 5) is 0. The molecule has 8 heteroatoms. The fraction of sp³-hybridized carbons (Fsp3) is 0. The van der Waals surface area contributed by atoms with Gasteiger partial charge in [-0.1, -0.05) is 146 Å². The first kappa shape index (κ1) is 51.9. The third-order valence-electron chi connectivity index (χ3n) is 6.74. The zero-order chi connectivity index (χ0) is 35.7. The monoisotopic (exact) mass is 1260 g/mol. The second-order valence-electron chi connectivity index (χ2n) is 10.7. The molecule has 0 unspecified atom stereocenters. The van der Waals surface area contributed by atoms with Gasteiger partial charge >= 0.3 is 84.8 Å². The molecule has 288 valence electrons. The summed E-state index contributed by atoms with van der Waals surface area (Å²) < 4.78 is 11.8. The van der Waals surface area contributed by atoms with Crippen LogP contribution in [0.15, 0.2) is 243 Å². The van der Waals surface area contributed by atoms with Gasteiger partial charge < -0.3 is 49.6 Å². The van der Waals surface area contributed by atoms with E-state index in [0.717, 1.165) is 0 Å². The molecule has 0 aliphatic heterocycles. The lowest BCUT2D eigenvalue weighted by atomic mass is 10.4. The van der Waals surface area contributed by atoms with E-state index in [0.29, 0.717) is 0 Å². The van der Waals surface area contributed by atoms with Crippen molar-refractivity contribution in [1.82, 2.24) is 0 Å². The highest BCUT2D eigenvalue weighted by molar-refractivity contribution is 5.06. The van der Waals surface area contributed by atoms with Gasteiger partial charge in [0.1, 0.15) is 0 Å². The van der Waals surface area contributed by atoms with Gasteiger partial charge in [-0.25, -0.2) is 0 Å². The van der Waals surface area contributed by atoms with E-state index in [2.05, 4.69) is 243 Å². The van der Waals surface area contributed by atoms with Gasteiger partial charge in [-0.15, -0.1) is 0 Å². The molecule has 0 aliphatic rings. The van der Waals surface area contributed by atoms with Crippen molar-refractivity contribution in [3.63, 3.8) is 0 Å². The Labute approximate surface area is 400 Å². The van der Waals surface area contributed by atoms with E-state index in [1.807, 2.05) is 0 Å². The van der Waals surface area contributed by atoms with Crippen LogP contribution in [0.4, 0.5) is 0 Å². The van der Waals surface area contributed by atoms with Crippen LogP contribution in [0.5, 0.6) is 0 Å². The van der Waals surface area contributed by atoms with Crippen LogP contribution in [0.1, 0.15) is 0 Å². The first-order chi connectivity index (χ1) is 25.8. The van der Waals surface area contributed by atoms with Gasteiger partial charge in [-0.05, 0) is 97.1 Å². The van der Waals surface area contributed by atoms with Crippen molar-refractivity contribution in [3.05, 3.63) is 271 Å². The van der Waals surface area contributed by atoms with E-state index < -0.39 is 0 Å². The second-order valence-corrected chi connectivity index (χ2v) is 22.9. The predicted molar refractivity (Wildman–Crippen MR) is 201 cm³/mol. The van der Waals surface area contributed by atoms with Gasteiger partial charge in [-0.3, -0.25) is 0 Å². The van der Waals surface area contributed by atoms with Gasteiger partial charge in [0.15, 0.2) is 28.6 Å². The minimum atomic E-state index is 0. The molecule has 0 atom stereocenters. The zero-order valence-corrected chi connectivity index (χ0v) is 41.8. The molecular formula is C48H40Cl4I4. The van der Waals surface area contributed by atoms with Crippen molar-refractivity contribution in [3.8, 4) is 0 Å². The minimum absolute atomic E-state index is 0. The Kier molecular flexibility index (Phi) is 30.3. The van der Waals surface area contributed by atoms with E-state index in [-0.39, 0.29) is 134 Å². The molecule has 0 heterocycles. The fourth-order valence-corrected chi connectivity index (χ4v) is 13.4. The van der Waals surface area contributed by atoms with Crippen LogP contribution in [0.3, 0.4) is 0 Å². The van der Waals surface area contributed by atoms with Crippen LogP contribution in [-0.4, -0.2) is 0 Å². The molecule has 56 heavy (non-hydrogen) atoms. The Bertz CT molecular complexity index is 1590. The molecule has 0 aromatic heterocycles. The summed E-state index contributed by atoms with van der Waals surface area (Å²) in [7, 11) is 0. The lowest BCUT2D eigenvalue weighted by Crippen LogP contribution is -3.61. The van der Waals surface area contributed by atoms with E-state index in [4.69, 9.17) is 0 Å². The van der Waals surface area contributed by atoms with E-state index in [1.54, 1.807) is 0 Å². The van der Waals surface area contributed by atoms with Crippen LogP contribution in [-0.2, 0) is 0 Å². The van der Waals surface area contributed by atoms with Crippen LogP contribution < -0.4 is 134 Å².